The molecule has 0 saturated heterocycles. The molecule has 0 aliphatic heterocycles. The molecular formula is C18H15ClFNO2. The lowest BCUT2D eigenvalue weighted by Crippen LogP contribution is -2.14. The summed E-state index contributed by atoms with van der Waals surface area (Å²) in [5.41, 5.74) is 2.78. The second-order valence-electron chi connectivity index (χ2n) is 5.42. The van der Waals surface area contributed by atoms with Crippen LogP contribution in [0.2, 0.25) is 5.02 Å². The van der Waals surface area contributed by atoms with E-state index in [1.807, 2.05) is 13.0 Å². The van der Waals surface area contributed by atoms with Crippen molar-refractivity contribution in [2.45, 2.75) is 20.0 Å². The van der Waals surface area contributed by atoms with Crippen LogP contribution >= 0.6 is 11.6 Å². The maximum atomic E-state index is 12.9. The highest BCUT2D eigenvalue weighted by Crippen LogP contribution is 2.25. The fraction of sp³-hybridized carbons (Fsp3) is 0.167. The summed E-state index contributed by atoms with van der Waals surface area (Å²) in [6.07, 6.45) is 0. The van der Waals surface area contributed by atoms with E-state index in [9.17, 15) is 9.18 Å². The molecule has 1 N–H and O–H groups in total. The first-order valence-electron chi connectivity index (χ1n) is 7.21. The van der Waals surface area contributed by atoms with E-state index in [-0.39, 0.29) is 5.82 Å². The molecule has 0 unspecified atom stereocenters. The topological polar surface area (TPSA) is 42.2 Å². The largest absolute Gasteiger partial charge is 0.423 e. The fourth-order valence-corrected chi connectivity index (χ4v) is 2.60. The van der Waals surface area contributed by atoms with Crippen LogP contribution in [-0.4, -0.2) is 0 Å². The summed E-state index contributed by atoms with van der Waals surface area (Å²) >= 11 is 6.17. The van der Waals surface area contributed by atoms with E-state index >= 15 is 0 Å². The summed E-state index contributed by atoms with van der Waals surface area (Å²) in [7, 11) is 0. The van der Waals surface area contributed by atoms with E-state index in [0.29, 0.717) is 23.7 Å². The molecule has 0 bridgehead atoms. The van der Waals surface area contributed by atoms with Gasteiger partial charge in [0.25, 0.3) is 0 Å². The van der Waals surface area contributed by atoms with Gasteiger partial charge in [0, 0.05) is 29.6 Å². The summed E-state index contributed by atoms with van der Waals surface area (Å²) in [6, 6.07) is 11.3. The van der Waals surface area contributed by atoms with E-state index in [0.717, 1.165) is 22.1 Å². The molecule has 3 nitrogen and oxygen atoms in total. The van der Waals surface area contributed by atoms with Crippen LogP contribution in [0.5, 0.6) is 0 Å². The smallest absolute Gasteiger partial charge is 0.336 e. The predicted octanol–water partition coefficient (Wildman–Crippen LogP) is 4.18. The zero-order valence-corrected chi connectivity index (χ0v) is 13.3. The van der Waals surface area contributed by atoms with Gasteiger partial charge in [-0.05, 0) is 47.9 Å². The van der Waals surface area contributed by atoms with Gasteiger partial charge in [0.1, 0.15) is 11.4 Å². The Morgan fingerprint density at radius 3 is 2.61 bits per heavy atom. The van der Waals surface area contributed by atoms with E-state index in [4.69, 9.17) is 16.0 Å². The summed E-state index contributed by atoms with van der Waals surface area (Å²) in [6.45, 7) is 2.92. The molecule has 3 aromatic rings. The number of halogens is 2. The Hall–Kier alpha value is -2.17. The highest BCUT2D eigenvalue weighted by atomic mass is 35.5. The highest BCUT2D eigenvalue weighted by Gasteiger charge is 2.08. The Kier molecular flexibility index (Phi) is 4.46. The van der Waals surface area contributed by atoms with E-state index < -0.39 is 5.63 Å². The Morgan fingerprint density at radius 2 is 1.87 bits per heavy atom. The average molecular weight is 332 g/mol. The molecule has 0 amide bonds. The Bertz CT molecular complexity index is 903. The first kappa shape index (κ1) is 15.7. The third-order valence-corrected chi connectivity index (χ3v) is 4.07. The lowest BCUT2D eigenvalue weighted by molar-refractivity contribution is 0.556. The second-order valence-corrected chi connectivity index (χ2v) is 5.83. The molecule has 1 aromatic heterocycles. The SMILES string of the molecule is Cc1cc2oc(=O)cc(CNCc3ccc(F)cc3)c2cc1Cl. The normalized spacial score (nSPS) is 11.1. The number of rotatable bonds is 4. The molecular weight excluding hydrogens is 317 g/mol. The van der Waals surface area contributed by atoms with Crippen LogP contribution in [0.25, 0.3) is 11.0 Å². The Morgan fingerprint density at radius 1 is 1.13 bits per heavy atom. The summed E-state index contributed by atoms with van der Waals surface area (Å²) in [4.78, 5) is 11.7. The molecule has 3 rings (SSSR count). The molecule has 23 heavy (non-hydrogen) atoms. The molecule has 5 heteroatoms. The summed E-state index contributed by atoms with van der Waals surface area (Å²) in [5, 5.41) is 4.69. The third-order valence-electron chi connectivity index (χ3n) is 3.67. The number of aryl methyl sites for hydroxylation is 1. The monoisotopic (exact) mass is 331 g/mol. The van der Waals surface area contributed by atoms with Crippen LogP contribution in [-0.2, 0) is 13.1 Å². The number of benzene rings is 2. The standard InChI is InChI=1S/C18H15ClFNO2/c1-11-6-17-15(8-16(11)19)13(7-18(22)23-17)10-21-9-12-2-4-14(20)5-3-12/h2-8,21H,9-10H2,1H3. The number of hydrogen-bond donors (Lipinski definition) is 1. The molecule has 2 aromatic carbocycles. The van der Waals surface area contributed by atoms with Crippen LogP contribution in [0.15, 0.2) is 51.7 Å². The van der Waals surface area contributed by atoms with Crippen LogP contribution in [0.1, 0.15) is 16.7 Å². The molecule has 0 fully saturated rings. The lowest BCUT2D eigenvalue weighted by Gasteiger charge is -2.09. The zero-order valence-electron chi connectivity index (χ0n) is 12.5. The first-order valence-corrected chi connectivity index (χ1v) is 7.59. The van der Waals surface area contributed by atoms with Crippen LogP contribution in [0.3, 0.4) is 0 Å². The summed E-state index contributed by atoms with van der Waals surface area (Å²) < 4.78 is 18.1. The van der Waals surface area contributed by atoms with Crippen molar-refractivity contribution in [1.29, 1.82) is 0 Å². The average Bonchev–Trinajstić information content (AvgIpc) is 2.51. The van der Waals surface area contributed by atoms with Gasteiger partial charge in [-0.15, -0.1) is 0 Å². The number of hydrogen-bond acceptors (Lipinski definition) is 3. The second kappa shape index (κ2) is 6.52. The van der Waals surface area contributed by atoms with Crippen molar-refractivity contribution >= 4 is 22.6 Å². The molecule has 0 saturated carbocycles. The molecule has 0 atom stereocenters. The van der Waals surface area contributed by atoms with Crippen molar-refractivity contribution in [3.8, 4) is 0 Å². The van der Waals surface area contributed by atoms with Crippen LogP contribution in [0.4, 0.5) is 4.39 Å². The molecule has 118 valence electrons. The molecule has 1 heterocycles. The minimum absolute atomic E-state index is 0.259. The van der Waals surface area contributed by atoms with Gasteiger partial charge in [0.05, 0.1) is 0 Å². The van der Waals surface area contributed by atoms with Gasteiger partial charge in [-0.1, -0.05) is 23.7 Å². The highest BCUT2D eigenvalue weighted by molar-refractivity contribution is 6.32. The van der Waals surface area contributed by atoms with Crippen molar-refractivity contribution in [1.82, 2.24) is 5.32 Å². The van der Waals surface area contributed by atoms with E-state index in [1.165, 1.54) is 18.2 Å². The Labute approximate surface area is 137 Å². The number of fused-ring (bicyclic) bond motifs is 1. The van der Waals surface area contributed by atoms with Crippen molar-refractivity contribution < 1.29 is 8.81 Å². The molecule has 0 spiro atoms. The van der Waals surface area contributed by atoms with Crippen molar-refractivity contribution in [3.63, 3.8) is 0 Å². The fourth-order valence-electron chi connectivity index (χ4n) is 2.44. The van der Waals surface area contributed by atoms with Gasteiger partial charge in [-0.3, -0.25) is 0 Å². The van der Waals surface area contributed by atoms with Crippen molar-refractivity contribution in [3.05, 3.63) is 80.4 Å². The van der Waals surface area contributed by atoms with Crippen molar-refractivity contribution in [2.24, 2.45) is 0 Å². The van der Waals surface area contributed by atoms with Gasteiger partial charge in [-0.2, -0.15) is 0 Å². The molecule has 0 radical (unpaired) electrons. The van der Waals surface area contributed by atoms with Crippen molar-refractivity contribution in [2.75, 3.05) is 0 Å². The van der Waals surface area contributed by atoms with E-state index in [2.05, 4.69) is 5.32 Å². The van der Waals surface area contributed by atoms with Gasteiger partial charge in [0.2, 0.25) is 0 Å². The van der Waals surface area contributed by atoms with Gasteiger partial charge in [0.15, 0.2) is 0 Å². The Balaban J connectivity index is 1.83. The van der Waals surface area contributed by atoms with Crippen LogP contribution < -0.4 is 10.9 Å². The van der Waals surface area contributed by atoms with Gasteiger partial charge >= 0.3 is 5.63 Å². The quantitative estimate of drug-likeness (QED) is 0.729. The lowest BCUT2D eigenvalue weighted by atomic mass is 10.1. The van der Waals surface area contributed by atoms with Crippen LogP contribution in [0, 0.1) is 12.7 Å². The van der Waals surface area contributed by atoms with E-state index in [1.54, 1.807) is 18.2 Å². The predicted molar refractivity (Wildman–Crippen MR) is 89.2 cm³/mol. The maximum absolute atomic E-state index is 12.9. The first-order chi connectivity index (χ1) is 11.0. The number of nitrogens with one attached hydrogen (secondary N) is 1. The zero-order chi connectivity index (χ0) is 16.4. The van der Waals surface area contributed by atoms with Gasteiger partial charge < -0.3 is 9.73 Å². The maximum Gasteiger partial charge on any atom is 0.336 e. The molecule has 0 aliphatic rings. The summed E-state index contributed by atoms with van der Waals surface area (Å²) in [5.74, 6) is -0.259. The third kappa shape index (κ3) is 3.60. The van der Waals surface area contributed by atoms with Gasteiger partial charge in [-0.25, -0.2) is 9.18 Å². The molecule has 0 aliphatic carbocycles. The minimum Gasteiger partial charge on any atom is -0.423 e. The minimum atomic E-state index is -0.391.